The molecule has 0 N–H and O–H groups in total. The Hall–Kier alpha value is -7.54. The van der Waals surface area contributed by atoms with Crippen LogP contribution in [0.1, 0.15) is 62.9 Å². The van der Waals surface area contributed by atoms with Crippen LogP contribution in [0.25, 0.3) is 55.3 Å². The molecule has 0 heteroatoms. The Morgan fingerprint density at radius 1 is 0.438 bits per heavy atom. The minimum Gasteiger partial charge on any atom is -0.0622 e. The van der Waals surface area contributed by atoms with E-state index in [1.54, 1.807) is 0 Å². The maximum atomic E-state index is 2.44. The van der Waals surface area contributed by atoms with Crippen LogP contribution in [0.5, 0.6) is 0 Å². The summed E-state index contributed by atoms with van der Waals surface area (Å²) in [5.74, 6) is 0.356. The van der Waals surface area contributed by atoms with Gasteiger partial charge in [0.2, 0.25) is 0 Å². The van der Waals surface area contributed by atoms with Gasteiger partial charge >= 0.3 is 0 Å². The van der Waals surface area contributed by atoms with Gasteiger partial charge in [0.15, 0.2) is 0 Å². The fourth-order valence-electron chi connectivity index (χ4n) is 10.6. The Kier molecular flexibility index (Phi) is 10.2. The Labute approximate surface area is 378 Å². The molecule has 2 unspecified atom stereocenters. The van der Waals surface area contributed by atoms with Crippen LogP contribution in [0, 0.1) is 6.92 Å². The Bertz CT molecular complexity index is 3250. The topological polar surface area (TPSA) is 0 Å². The lowest BCUT2D eigenvalue weighted by Crippen LogP contribution is -2.22. The van der Waals surface area contributed by atoms with Crippen LogP contribution in [0.3, 0.4) is 0 Å². The van der Waals surface area contributed by atoms with Gasteiger partial charge in [0.25, 0.3) is 0 Å². The molecule has 2 atom stereocenters. The number of benzene rings is 10. The van der Waals surface area contributed by atoms with Crippen LogP contribution in [0.15, 0.2) is 237 Å². The van der Waals surface area contributed by atoms with E-state index in [0.29, 0.717) is 5.92 Å². The van der Waals surface area contributed by atoms with Crippen LogP contribution in [0.2, 0.25) is 0 Å². The predicted molar refractivity (Wildman–Crippen MR) is 270 cm³/mol. The Morgan fingerprint density at radius 3 is 1.75 bits per heavy atom. The fraction of sp³-hybridized carbons (Fsp3) is 0.0938. The van der Waals surface area contributed by atoms with Crippen molar-refractivity contribution in [2.45, 2.75) is 38.0 Å². The first-order chi connectivity index (χ1) is 31.5. The number of aryl methyl sites for hydroxylation is 1. The van der Waals surface area contributed by atoms with Gasteiger partial charge in [-0.05, 0) is 133 Å². The van der Waals surface area contributed by atoms with E-state index in [-0.39, 0.29) is 5.41 Å². The van der Waals surface area contributed by atoms with Crippen LogP contribution in [-0.4, -0.2) is 0 Å². The summed E-state index contributed by atoms with van der Waals surface area (Å²) in [7, 11) is 0. The second-order valence-corrected chi connectivity index (χ2v) is 17.8. The minimum atomic E-state index is -0.0563. The van der Waals surface area contributed by atoms with E-state index in [4.69, 9.17) is 0 Å². The molecule has 12 rings (SSSR count). The van der Waals surface area contributed by atoms with E-state index in [0.717, 1.165) is 12.8 Å². The van der Waals surface area contributed by atoms with Crippen molar-refractivity contribution < 1.29 is 0 Å². The maximum Gasteiger partial charge on any atom is 0.0435 e. The van der Waals surface area contributed by atoms with Crippen molar-refractivity contribution in [3.05, 3.63) is 287 Å². The Morgan fingerprint density at radius 2 is 1.02 bits per heavy atom. The summed E-state index contributed by atoms with van der Waals surface area (Å²) in [5.41, 5.74) is 22.9. The van der Waals surface area contributed by atoms with E-state index in [1.165, 1.54) is 105 Å². The minimum absolute atomic E-state index is 0.0563. The highest BCUT2D eigenvalue weighted by Gasteiger charge is 2.40. The molecule has 0 radical (unpaired) electrons. The second-order valence-electron chi connectivity index (χ2n) is 17.8. The molecule has 306 valence electrons. The molecule has 0 saturated carbocycles. The number of fused-ring (bicyclic) bond motifs is 8. The van der Waals surface area contributed by atoms with Crippen molar-refractivity contribution >= 4 is 10.8 Å². The van der Waals surface area contributed by atoms with Gasteiger partial charge < -0.3 is 0 Å². The average molecular weight is 819 g/mol. The van der Waals surface area contributed by atoms with Crippen LogP contribution < -0.4 is 0 Å². The first-order valence-corrected chi connectivity index (χ1v) is 22.7. The molecule has 0 fully saturated rings. The molecule has 0 aliphatic heterocycles. The van der Waals surface area contributed by atoms with Crippen molar-refractivity contribution in [1.82, 2.24) is 0 Å². The summed E-state index contributed by atoms with van der Waals surface area (Å²) in [6, 6.07) is 86.8. The smallest absolute Gasteiger partial charge is 0.0435 e. The highest BCUT2D eigenvalue weighted by atomic mass is 14.4. The summed E-state index contributed by atoms with van der Waals surface area (Å²) in [5, 5.41) is 2.65. The molecule has 10 aromatic carbocycles. The van der Waals surface area contributed by atoms with Gasteiger partial charge in [-0.25, -0.2) is 0 Å². The van der Waals surface area contributed by atoms with E-state index >= 15 is 0 Å². The molecule has 0 spiro atoms. The van der Waals surface area contributed by atoms with Crippen molar-refractivity contribution in [3.63, 3.8) is 0 Å². The van der Waals surface area contributed by atoms with Crippen molar-refractivity contribution in [1.29, 1.82) is 0 Å². The van der Waals surface area contributed by atoms with Gasteiger partial charge in [-0.2, -0.15) is 0 Å². The third kappa shape index (κ3) is 7.16. The summed E-state index contributed by atoms with van der Waals surface area (Å²) >= 11 is 0. The van der Waals surface area contributed by atoms with Gasteiger partial charge in [-0.15, -0.1) is 0 Å². The largest absolute Gasteiger partial charge is 0.0622 e. The molecule has 0 amide bonds. The normalized spacial score (nSPS) is 15.6. The van der Waals surface area contributed by atoms with Crippen molar-refractivity contribution in [2.75, 3.05) is 0 Å². The zero-order valence-electron chi connectivity index (χ0n) is 36.5. The first kappa shape index (κ1) is 39.3. The van der Waals surface area contributed by atoms with Gasteiger partial charge in [0.1, 0.15) is 0 Å². The van der Waals surface area contributed by atoms with E-state index in [1.807, 2.05) is 0 Å². The first-order valence-electron chi connectivity index (χ1n) is 22.7. The number of rotatable bonds is 6. The molecule has 0 bridgehead atoms. The third-order valence-electron chi connectivity index (χ3n) is 13.9. The van der Waals surface area contributed by atoms with Crippen LogP contribution in [0.4, 0.5) is 0 Å². The second kappa shape index (κ2) is 16.6. The SMILES string of the molecule is Cc1ccc2c(c1)C(C)(c1ccccc1)c1ccccc1-2.c1ccc(-c2ccc(Cc3ccc(-c4ccc5c(c4)-c4c(ccc6ccccc46)CC5c4ccccc4)cc3)cc2)cc1. The van der Waals surface area contributed by atoms with Crippen LogP contribution in [-0.2, 0) is 18.3 Å². The van der Waals surface area contributed by atoms with Gasteiger partial charge in [0, 0.05) is 11.3 Å². The molecule has 0 nitrogen and oxygen atoms in total. The van der Waals surface area contributed by atoms with Gasteiger partial charge in [-0.3, -0.25) is 0 Å². The summed E-state index contributed by atoms with van der Waals surface area (Å²) in [6.45, 7) is 4.53. The van der Waals surface area contributed by atoms with E-state index in [9.17, 15) is 0 Å². The molecule has 0 saturated heterocycles. The molecule has 2 aliphatic rings. The van der Waals surface area contributed by atoms with E-state index in [2.05, 4.69) is 250 Å². The van der Waals surface area contributed by atoms with Gasteiger partial charge in [0.05, 0.1) is 0 Å². The molecule has 0 heterocycles. The lowest BCUT2D eigenvalue weighted by molar-refractivity contribution is 0.713. The molecule has 0 aromatic heterocycles. The Balaban J connectivity index is 0.000000181. The molecule has 10 aromatic rings. The fourth-order valence-corrected chi connectivity index (χ4v) is 10.6. The summed E-state index contributed by atoms with van der Waals surface area (Å²) in [4.78, 5) is 0. The highest BCUT2D eigenvalue weighted by Crippen LogP contribution is 2.52. The molecular formula is C64H50. The monoisotopic (exact) mass is 818 g/mol. The average Bonchev–Trinajstić information content (AvgIpc) is 3.62. The zero-order valence-corrected chi connectivity index (χ0v) is 36.5. The summed E-state index contributed by atoms with van der Waals surface area (Å²) in [6.07, 6.45) is 1.95. The number of hydrogen-bond acceptors (Lipinski definition) is 0. The van der Waals surface area contributed by atoms with E-state index < -0.39 is 0 Å². The lowest BCUT2D eigenvalue weighted by atomic mass is 9.74. The lowest BCUT2D eigenvalue weighted by Gasteiger charge is -2.30. The van der Waals surface area contributed by atoms with Gasteiger partial charge in [-0.1, -0.05) is 236 Å². The number of hydrogen-bond donors (Lipinski definition) is 0. The van der Waals surface area contributed by atoms with Crippen molar-refractivity contribution in [2.24, 2.45) is 0 Å². The third-order valence-corrected chi connectivity index (χ3v) is 13.9. The molecule has 2 aliphatic carbocycles. The standard InChI is InChI=1S/C43H32.C21H18/c1-3-9-32(10-4-1)33-19-15-30(16-20-33)27-31-17-21-34(22-18-31)37-25-26-40-41(35-11-5-2-6-12-35)29-38-24-23-36-13-7-8-14-39(36)43(38)42(40)28-37;1-15-12-13-18-17-10-6-7-11-19(17)21(2,20(18)14-15)16-8-4-3-5-9-16/h1-26,28,41H,27,29H2;3-14H,1-2H3. The zero-order chi connectivity index (χ0) is 43.0. The predicted octanol–water partition coefficient (Wildman–Crippen LogP) is 16.4. The molecular weight excluding hydrogens is 769 g/mol. The molecule has 64 heavy (non-hydrogen) atoms. The highest BCUT2D eigenvalue weighted by molar-refractivity contribution is 6.01. The summed E-state index contributed by atoms with van der Waals surface area (Å²) < 4.78 is 0. The van der Waals surface area contributed by atoms with Crippen molar-refractivity contribution in [3.8, 4) is 44.5 Å². The maximum absolute atomic E-state index is 2.44. The van der Waals surface area contributed by atoms with Crippen LogP contribution >= 0.6 is 0 Å². The quantitative estimate of drug-likeness (QED) is 0.157.